The second kappa shape index (κ2) is 14.1. The van der Waals surface area contributed by atoms with E-state index in [1.807, 2.05) is 21.9 Å². The van der Waals surface area contributed by atoms with Crippen molar-refractivity contribution in [2.45, 2.75) is 63.8 Å². The highest BCUT2D eigenvalue weighted by Crippen LogP contribution is 2.41. The van der Waals surface area contributed by atoms with E-state index in [2.05, 4.69) is 13.0 Å². The van der Waals surface area contributed by atoms with Gasteiger partial charge in [-0.25, -0.2) is 4.79 Å². The van der Waals surface area contributed by atoms with Crippen LogP contribution in [-0.4, -0.2) is 114 Å². The maximum atomic E-state index is 13.6. The van der Waals surface area contributed by atoms with Crippen LogP contribution >= 0.6 is 0 Å². The van der Waals surface area contributed by atoms with E-state index in [0.29, 0.717) is 52.3 Å². The topological polar surface area (TPSA) is 137 Å². The highest BCUT2D eigenvalue weighted by Gasteiger charge is 2.47. The maximum absolute atomic E-state index is 13.6. The molecule has 3 unspecified atom stereocenters. The number of fused-ring (bicyclic) bond motifs is 1. The van der Waals surface area contributed by atoms with E-state index in [-0.39, 0.29) is 36.7 Å². The monoisotopic (exact) mass is 571 g/mol. The van der Waals surface area contributed by atoms with E-state index in [9.17, 15) is 24.3 Å². The Bertz CT molecular complexity index is 1110. The summed E-state index contributed by atoms with van der Waals surface area (Å²) >= 11 is 0. The van der Waals surface area contributed by atoms with Crippen molar-refractivity contribution >= 4 is 23.8 Å². The summed E-state index contributed by atoms with van der Waals surface area (Å²) in [4.78, 5) is 57.8. The Morgan fingerprint density at radius 1 is 1.15 bits per heavy atom. The van der Waals surface area contributed by atoms with Gasteiger partial charge < -0.3 is 25.4 Å². The van der Waals surface area contributed by atoms with Crippen LogP contribution in [0.4, 0.5) is 4.79 Å². The summed E-state index contributed by atoms with van der Waals surface area (Å²) in [7, 11) is 1.47. The van der Waals surface area contributed by atoms with Crippen molar-refractivity contribution in [1.82, 2.24) is 19.6 Å². The largest absolute Gasteiger partial charge is 0.493 e. The first-order valence-corrected chi connectivity index (χ1v) is 15.0. The third-order valence-corrected chi connectivity index (χ3v) is 8.75. The number of nitrogens with zero attached hydrogens (tertiary/aromatic N) is 4. The molecule has 0 bridgehead atoms. The summed E-state index contributed by atoms with van der Waals surface area (Å²) in [6.07, 6.45) is 4.97. The number of hydrogen-bond acceptors (Lipinski definition) is 7. The Kier molecular flexibility index (Phi) is 10.6. The van der Waals surface area contributed by atoms with E-state index >= 15 is 0 Å². The lowest BCUT2D eigenvalue weighted by Gasteiger charge is -2.34. The second-order valence-corrected chi connectivity index (χ2v) is 11.4. The van der Waals surface area contributed by atoms with Crippen LogP contribution in [0.5, 0.6) is 5.75 Å². The standard InChI is InChI=1S/C30H45N5O6/c1-3-4-13-33(14-6-5-12-31)27(37)20-35-19-23(21-7-8-25-22(18-21)11-17-41-25)28(29(38)39)24(35)9-15-34-16-10-26(36)32(2)30(34)40/h7-8,18,23-24,28H,3-6,9-17,19-20,31H2,1-2H3,(H,38,39). The third kappa shape index (κ3) is 7.19. The lowest BCUT2D eigenvalue weighted by atomic mass is 9.83. The van der Waals surface area contributed by atoms with Crippen LogP contribution in [0.2, 0.25) is 0 Å². The molecule has 3 atom stereocenters. The quantitative estimate of drug-likeness (QED) is 0.324. The first-order chi connectivity index (χ1) is 19.7. The van der Waals surface area contributed by atoms with Gasteiger partial charge in [0.05, 0.1) is 19.1 Å². The van der Waals surface area contributed by atoms with E-state index in [0.717, 1.165) is 53.9 Å². The predicted octanol–water partition coefficient (Wildman–Crippen LogP) is 2.13. The number of benzene rings is 1. The minimum atomic E-state index is -0.908. The first kappa shape index (κ1) is 30.8. The fourth-order valence-corrected chi connectivity index (χ4v) is 6.37. The van der Waals surface area contributed by atoms with Crippen LogP contribution in [0.1, 0.15) is 62.5 Å². The number of ether oxygens (including phenoxy) is 1. The van der Waals surface area contributed by atoms with Gasteiger partial charge in [0.2, 0.25) is 11.8 Å². The minimum Gasteiger partial charge on any atom is -0.493 e. The van der Waals surface area contributed by atoms with E-state index in [1.54, 1.807) is 4.90 Å². The summed E-state index contributed by atoms with van der Waals surface area (Å²) in [6.45, 7) is 5.77. The molecule has 2 saturated heterocycles. The number of carboxylic acids is 1. The zero-order chi connectivity index (χ0) is 29.5. The Morgan fingerprint density at radius 2 is 1.93 bits per heavy atom. The lowest BCUT2D eigenvalue weighted by Crippen LogP contribution is -2.52. The van der Waals surface area contributed by atoms with Gasteiger partial charge in [0, 0.05) is 64.6 Å². The number of carbonyl (C=O) groups is 4. The van der Waals surface area contributed by atoms with Gasteiger partial charge in [0.15, 0.2) is 0 Å². The molecule has 0 spiro atoms. The maximum Gasteiger partial charge on any atom is 0.326 e. The van der Waals surface area contributed by atoms with Crippen LogP contribution in [0, 0.1) is 5.92 Å². The van der Waals surface area contributed by atoms with Crippen LogP contribution in [-0.2, 0) is 20.8 Å². The van der Waals surface area contributed by atoms with Crippen molar-refractivity contribution in [2.24, 2.45) is 11.7 Å². The van der Waals surface area contributed by atoms with Gasteiger partial charge in [-0.1, -0.05) is 25.5 Å². The predicted molar refractivity (Wildman–Crippen MR) is 154 cm³/mol. The number of likely N-dealkylation sites (tertiary alicyclic amines) is 1. The van der Waals surface area contributed by atoms with Crippen molar-refractivity contribution in [3.8, 4) is 5.75 Å². The molecule has 4 rings (SSSR count). The molecular weight excluding hydrogens is 526 g/mol. The molecule has 3 heterocycles. The fraction of sp³-hybridized carbons (Fsp3) is 0.667. The zero-order valence-corrected chi connectivity index (χ0v) is 24.4. The molecule has 0 saturated carbocycles. The molecule has 41 heavy (non-hydrogen) atoms. The number of rotatable bonds is 14. The summed E-state index contributed by atoms with van der Waals surface area (Å²) in [5.41, 5.74) is 7.70. The van der Waals surface area contributed by atoms with Gasteiger partial charge in [-0.15, -0.1) is 0 Å². The van der Waals surface area contributed by atoms with E-state index in [1.165, 1.54) is 7.05 Å². The molecule has 0 aromatic heterocycles. The van der Waals surface area contributed by atoms with Gasteiger partial charge in [-0.3, -0.25) is 24.2 Å². The number of hydrogen-bond donors (Lipinski definition) is 2. The van der Waals surface area contributed by atoms with Crippen molar-refractivity contribution < 1.29 is 29.0 Å². The van der Waals surface area contributed by atoms with Crippen molar-refractivity contribution in [3.05, 3.63) is 29.3 Å². The van der Waals surface area contributed by atoms with Gasteiger partial charge in [0.1, 0.15) is 5.75 Å². The molecule has 3 aliphatic heterocycles. The molecule has 11 nitrogen and oxygen atoms in total. The molecule has 11 heteroatoms. The SMILES string of the molecule is CCCCN(CCCCN)C(=O)CN1CC(c2ccc3c(c2)CCO3)C(C(=O)O)C1CCN1CCC(=O)N(C)C1=O. The summed E-state index contributed by atoms with van der Waals surface area (Å²) in [5.74, 6) is -1.34. The lowest BCUT2D eigenvalue weighted by molar-refractivity contribution is -0.144. The van der Waals surface area contributed by atoms with Crippen molar-refractivity contribution in [2.75, 3.05) is 59.5 Å². The molecule has 226 valence electrons. The molecular formula is C30H45N5O6. The highest BCUT2D eigenvalue weighted by atomic mass is 16.5. The van der Waals surface area contributed by atoms with E-state index < -0.39 is 17.9 Å². The molecule has 4 amide bonds. The molecule has 2 fully saturated rings. The highest BCUT2D eigenvalue weighted by molar-refractivity contribution is 5.96. The summed E-state index contributed by atoms with van der Waals surface area (Å²) < 4.78 is 5.67. The van der Waals surface area contributed by atoms with Crippen molar-refractivity contribution in [1.29, 1.82) is 0 Å². The van der Waals surface area contributed by atoms with Gasteiger partial charge in [-0.05, 0) is 49.4 Å². The normalized spacial score (nSPS) is 22.7. The van der Waals surface area contributed by atoms with E-state index in [4.69, 9.17) is 10.5 Å². The van der Waals surface area contributed by atoms with Gasteiger partial charge in [0.25, 0.3) is 0 Å². The Balaban J connectivity index is 1.57. The van der Waals surface area contributed by atoms with Gasteiger partial charge in [-0.2, -0.15) is 0 Å². The van der Waals surface area contributed by atoms with Crippen LogP contribution in [0.15, 0.2) is 18.2 Å². The third-order valence-electron chi connectivity index (χ3n) is 8.75. The number of aliphatic carboxylic acids is 1. The molecule has 1 aromatic rings. The smallest absolute Gasteiger partial charge is 0.326 e. The Labute approximate surface area is 242 Å². The number of carbonyl (C=O) groups excluding carboxylic acids is 3. The molecule has 1 aromatic carbocycles. The average molecular weight is 572 g/mol. The number of carboxylic acid groups (broad SMARTS) is 1. The Morgan fingerprint density at radius 3 is 2.66 bits per heavy atom. The number of urea groups is 1. The number of unbranched alkanes of at least 4 members (excludes halogenated alkanes) is 2. The Hall–Kier alpha value is -3.18. The minimum absolute atomic E-state index is 0.00741. The number of amides is 4. The van der Waals surface area contributed by atoms with Crippen LogP contribution in [0.25, 0.3) is 0 Å². The first-order valence-electron chi connectivity index (χ1n) is 15.0. The van der Waals surface area contributed by atoms with Crippen LogP contribution in [0.3, 0.4) is 0 Å². The zero-order valence-electron chi connectivity index (χ0n) is 24.4. The molecule has 0 aliphatic carbocycles. The van der Waals surface area contributed by atoms with Gasteiger partial charge >= 0.3 is 12.0 Å². The number of nitrogens with two attached hydrogens (primary N) is 1. The summed E-state index contributed by atoms with van der Waals surface area (Å²) in [5, 5.41) is 10.5. The molecule has 3 N–H and O–H groups in total. The van der Waals surface area contributed by atoms with Crippen LogP contribution < -0.4 is 10.5 Å². The molecule has 3 aliphatic rings. The average Bonchev–Trinajstić information content (AvgIpc) is 3.57. The summed E-state index contributed by atoms with van der Waals surface area (Å²) in [6, 6.07) is 5.11. The second-order valence-electron chi connectivity index (χ2n) is 11.4. The fourth-order valence-electron chi connectivity index (χ4n) is 6.37. The number of imide groups is 1. The molecule has 0 radical (unpaired) electrons. The van der Waals surface area contributed by atoms with Crippen molar-refractivity contribution in [3.63, 3.8) is 0 Å².